The Morgan fingerprint density at radius 2 is 1.81 bits per heavy atom. The van der Waals surface area contributed by atoms with Crippen LogP contribution < -0.4 is 14.8 Å². The molecule has 0 aliphatic carbocycles. The molecule has 1 unspecified atom stereocenters. The van der Waals surface area contributed by atoms with Crippen molar-refractivity contribution in [3.05, 3.63) is 46.2 Å². The van der Waals surface area contributed by atoms with Gasteiger partial charge in [0.1, 0.15) is 28.0 Å². The second-order valence-corrected chi connectivity index (χ2v) is 11.1. The number of alkyl carbamates (subject to hydrolysis) is 1. The zero-order valence-corrected chi connectivity index (χ0v) is 23.3. The van der Waals surface area contributed by atoms with Crippen LogP contribution in [0.25, 0.3) is 21.1 Å². The fourth-order valence-electron chi connectivity index (χ4n) is 3.04. The third-order valence-corrected chi connectivity index (χ3v) is 6.21. The van der Waals surface area contributed by atoms with Crippen LogP contribution >= 0.6 is 34.5 Å². The molecule has 1 amide bonds. The van der Waals surface area contributed by atoms with Crippen molar-refractivity contribution >= 4 is 40.6 Å². The van der Waals surface area contributed by atoms with E-state index in [1.54, 1.807) is 32.9 Å². The van der Waals surface area contributed by atoms with Gasteiger partial charge in [-0.1, -0.05) is 34.5 Å². The predicted octanol–water partition coefficient (Wildman–Crippen LogP) is 6.37. The highest BCUT2D eigenvalue weighted by Crippen LogP contribution is 2.38. The van der Waals surface area contributed by atoms with Gasteiger partial charge in [0, 0.05) is 17.2 Å². The first-order chi connectivity index (χ1) is 17.4. The van der Waals surface area contributed by atoms with E-state index in [0.29, 0.717) is 26.4 Å². The lowest BCUT2D eigenvalue weighted by molar-refractivity contribution is 0.0457. The van der Waals surface area contributed by atoms with Gasteiger partial charge < -0.3 is 24.6 Å². The van der Waals surface area contributed by atoms with Crippen molar-refractivity contribution in [1.29, 1.82) is 0 Å². The Hall–Kier alpha value is -2.66. The van der Waals surface area contributed by atoms with E-state index in [9.17, 15) is 14.3 Å². The number of aromatic nitrogens is 2. The normalized spacial score (nSPS) is 12.4. The number of carbonyl (C=O) groups is 1. The summed E-state index contributed by atoms with van der Waals surface area (Å²) >= 11 is 14.0. The van der Waals surface area contributed by atoms with Crippen molar-refractivity contribution < 1.29 is 28.5 Å². The highest BCUT2D eigenvalue weighted by atomic mass is 35.5. The van der Waals surface area contributed by atoms with Crippen molar-refractivity contribution in [3.63, 3.8) is 0 Å². The standard InChI is InChI=1S/C25H28Cl2FN3O5S/c1-13(2)35-20-7-6-14(8-18(20)27)22-30-31-23(37-22)16-9-19(28)21(10-17(16)26)34-12-15(11-32)29-24(33)36-25(3,4)5/h6-10,13,15,32H,11-12H2,1-5H3,(H,29,33). The van der Waals surface area contributed by atoms with Gasteiger partial charge in [-0.3, -0.25) is 0 Å². The molecule has 0 radical (unpaired) electrons. The van der Waals surface area contributed by atoms with E-state index >= 15 is 0 Å². The number of aliphatic hydroxyl groups is 1. The largest absolute Gasteiger partial charge is 0.489 e. The summed E-state index contributed by atoms with van der Waals surface area (Å²) in [4.78, 5) is 11.9. The van der Waals surface area contributed by atoms with Crippen molar-refractivity contribution in [2.75, 3.05) is 13.2 Å². The monoisotopic (exact) mass is 571 g/mol. The maximum atomic E-state index is 14.9. The average Bonchev–Trinajstić information content (AvgIpc) is 3.28. The maximum absolute atomic E-state index is 14.9. The van der Waals surface area contributed by atoms with Crippen molar-refractivity contribution in [1.82, 2.24) is 15.5 Å². The van der Waals surface area contributed by atoms with Crippen LogP contribution in [0.3, 0.4) is 0 Å². The molecule has 1 atom stereocenters. The lowest BCUT2D eigenvalue weighted by Crippen LogP contribution is -2.44. The summed E-state index contributed by atoms with van der Waals surface area (Å²) < 4.78 is 31.1. The van der Waals surface area contributed by atoms with Crippen LogP contribution in [0.15, 0.2) is 30.3 Å². The first-order valence-corrected chi connectivity index (χ1v) is 13.0. The molecule has 3 aromatic rings. The number of nitrogens with one attached hydrogen (secondary N) is 1. The number of halogens is 3. The topological polar surface area (TPSA) is 103 Å². The number of aliphatic hydroxyl groups excluding tert-OH is 1. The third-order valence-electron chi connectivity index (χ3n) is 4.60. The van der Waals surface area contributed by atoms with Gasteiger partial charge in [-0.15, -0.1) is 10.2 Å². The first-order valence-electron chi connectivity index (χ1n) is 11.4. The average molecular weight is 572 g/mol. The van der Waals surface area contributed by atoms with Gasteiger partial charge in [0.25, 0.3) is 0 Å². The molecule has 2 N–H and O–H groups in total. The van der Waals surface area contributed by atoms with Crippen LogP contribution in [-0.2, 0) is 4.74 Å². The summed E-state index contributed by atoms with van der Waals surface area (Å²) in [7, 11) is 0. The fourth-order valence-corrected chi connectivity index (χ4v) is 4.43. The number of ether oxygens (including phenoxy) is 3. The number of carbonyl (C=O) groups excluding carboxylic acids is 1. The van der Waals surface area contributed by atoms with Crippen LogP contribution in [0.2, 0.25) is 10.0 Å². The lowest BCUT2D eigenvalue weighted by Gasteiger charge is -2.23. The molecule has 0 aliphatic heterocycles. The minimum Gasteiger partial charge on any atom is -0.489 e. The molecular formula is C25H28Cl2FN3O5S. The van der Waals surface area contributed by atoms with Gasteiger partial charge in [-0.05, 0) is 58.9 Å². The molecule has 0 saturated carbocycles. The van der Waals surface area contributed by atoms with E-state index in [4.69, 9.17) is 37.4 Å². The third kappa shape index (κ3) is 8.16. The van der Waals surface area contributed by atoms with E-state index in [1.807, 2.05) is 19.9 Å². The summed E-state index contributed by atoms with van der Waals surface area (Å²) in [6.07, 6.45) is -0.740. The highest BCUT2D eigenvalue weighted by Gasteiger charge is 2.21. The van der Waals surface area contributed by atoms with Gasteiger partial charge in [0.15, 0.2) is 11.6 Å². The summed E-state index contributed by atoms with van der Waals surface area (Å²) in [5.74, 6) is -0.269. The molecule has 0 fully saturated rings. The zero-order chi connectivity index (χ0) is 27.3. The summed E-state index contributed by atoms with van der Waals surface area (Å²) in [5.41, 5.74) is 0.365. The van der Waals surface area contributed by atoms with Crippen LogP contribution in [0.4, 0.5) is 9.18 Å². The van der Waals surface area contributed by atoms with Gasteiger partial charge in [-0.2, -0.15) is 0 Å². The number of amides is 1. The van der Waals surface area contributed by atoms with Crippen molar-refractivity contribution in [2.45, 2.75) is 52.4 Å². The Balaban J connectivity index is 1.72. The molecular weight excluding hydrogens is 544 g/mol. The number of hydrogen-bond donors (Lipinski definition) is 2. The molecule has 3 rings (SSSR count). The van der Waals surface area contributed by atoms with E-state index in [0.717, 1.165) is 5.56 Å². The van der Waals surface area contributed by atoms with E-state index in [1.165, 1.54) is 23.5 Å². The number of benzene rings is 2. The first kappa shape index (κ1) is 28.9. The molecule has 37 heavy (non-hydrogen) atoms. The Morgan fingerprint density at radius 3 is 2.43 bits per heavy atom. The highest BCUT2D eigenvalue weighted by molar-refractivity contribution is 7.18. The molecule has 8 nitrogen and oxygen atoms in total. The van der Waals surface area contributed by atoms with Crippen molar-refractivity contribution in [2.24, 2.45) is 0 Å². The smallest absolute Gasteiger partial charge is 0.408 e. The molecule has 12 heteroatoms. The molecule has 1 heterocycles. The number of nitrogens with zero attached hydrogens (tertiary/aromatic N) is 2. The van der Waals surface area contributed by atoms with Gasteiger partial charge in [0.05, 0.1) is 28.8 Å². The summed E-state index contributed by atoms with van der Waals surface area (Å²) in [6, 6.07) is 6.99. The van der Waals surface area contributed by atoms with Crippen molar-refractivity contribution in [3.8, 4) is 32.6 Å². The van der Waals surface area contributed by atoms with Crippen LogP contribution in [0, 0.1) is 5.82 Å². The fraction of sp³-hybridized carbons (Fsp3) is 0.400. The maximum Gasteiger partial charge on any atom is 0.408 e. The minimum absolute atomic E-state index is 0.0174. The molecule has 0 spiro atoms. The number of hydrogen-bond acceptors (Lipinski definition) is 8. The van der Waals surface area contributed by atoms with E-state index in [-0.39, 0.29) is 23.5 Å². The van der Waals surface area contributed by atoms with E-state index < -0.39 is 30.2 Å². The Kier molecular flexibility index (Phi) is 9.57. The van der Waals surface area contributed by atoms with E-state index in [2.05, 4.69) is 15.5 Å². The van der Waals surface area contributed by atoms with Gasteiger partial charge in [-0.25, -0.2) is 9.18 Å². The molecule has 0 saturated heterocycles. The van der Waals surface area contributed by atoms with Crippen LogP contribution in [0.5, 0.6) is 11.5 Å². The molecule has 1 aromatic heterocycles. The Morgan fingerprint density at radius 1 is 1.11 bits per heavy atom. The molecule has 0 bridgehead atoms. The van der Waals surface area contributed by atoms with Gasteiger partial charge >= 0.3 is 6.09 Å². The van der Waals surface area contributed by atoms with Crippen LogP contribution in [0.1, 0.15) is 34.6 Å². The SMILES string of the molecule is CC(C)Oc1ccc(-c2nnc(-c3cc(F)c(OCC(CO)NC(=O)OC(C)(C)C)cc3Cl)s2)cc1Cl. The number of rotatable bonds is 9. The minimum atomic E-state index is -0.817. The second kappa shape index (κ2) is 12.3. The van der Waals surface area contributed by atoms with Gasteiger partial charge in [0.2, 0.25) is 0 Å². The predicted molar refractivity (Wildman–Crippen MR) is 142 cm³/mol. The second-order valence-electron chi connectivity index (χ2n) is 9.32. The zero-order valence-electron chi connectivity index (χ0n) is 21.0. The summed E-state index contributed by atoms with van der Waals surface area (Å²) in [6.45, 7) is 8.32. The lowest BCUT2D eigenvalue weighted by atomic mass is 10.2. The summed E-state index contributed by atoms with van der Waals surface area (Å²) in [5, 5.41) is 22.0. The molecule has 200 valence electrons. The van der Waals surface area contributed by atoms with Crippen LogP contribution in [-0.4, -0.2) is 52.4 Å². The Labute approximate surface area is 228 Å². The molecule has 2 aromatic carbocycles. The molecule has 0 aliphatic rings. The quantitative estimate of drug-likeness (QED) is 0.307. The Bertz CT molecular complexity index is 1250.